The zero-order valence-corrected chi connectivity index (χ0v) is 16.0. The summed E-state index contributed by atoms with van der Waals surface area (Å²) in [7, 11) is 0. The van der Waals surface area contributed by atoms with Crippen molar-refractivity contribution >= 4 is 34.9 Å². The molecule has 0 radical (unpaired) electrons. The number of piperidine rings is 1. The molecule has 2 N–H and O–H groups in total. The van der Waals surface area contributed by atoms with Crippen LogP contribution in [-0.4, -0.2) is 44.2 Å². The first-order chi connectivity index (χ1) is 13.5. The molecule has 2 saturated heterocycles. The van der Waals surface area contributed by atoms with Gasteiger partial charge in [0, 0.05) is 31.3 Å². The smallest absolute Gasteiger partial charge is 0.290 e. The number of thioether (sulfide) groups is 1. The van der Waals surface area contributed by atoms with Gasteiger partial charge in [-0.3, -0.25) is 19.7 Å². The molecule has 0 aliphatic carbocycles. The minimum absolute atomic E-state index is 0.120. The predicted molar refractivity (Wildman–Crippen MR) is 105 cm³/mol. The number of hydrogen-bond acceptors (Lipinski definition) is 8. The van der Waals surface area contributed by atoms with E-state index in [1.54, 1.807) is 31.3 Å². The Morgan fingerprint density at radius 2 is 2.14 bits per heavy atom. The van der Waals surface area contributed by atoms with E-state index >= 15 is 0 Å². The Balaban J connectivity index is 1.56. The van der Waals surface area contributed by atoms with Crippen molar-refractivity contribution in [1.29, 1.82) is 0 Å². The molecule has 1 atom stereocenters. The van der Waals surface area contributed by atoms with E-state index in [1.807, 2.05) is 0 Å². The predicted octanol–water partition coefficient (Wildman–Crippen LogP) is 1.58. The first kappa shape index (κ1) is 18.4. The number of nitrogens with zero attached hydrogens (tertiary/aromatic N) is 4. The van der Waals surface area contributed by atoms with Crippen LogP contribution >= 0.6 is 11.8 Å². The number of aryl methyl sites for hydroxylation is 1. The van der Waals surface area contributed by atoms with Crippen molar-refractivity contribution in [3.05, 3.63) is 50.8 Å². The molecule has 144 valence electrons. The second-order valence-corrected chi connectivity index (χ2v) is 7.69. The van der Waals surface area contributed by atoms with Gasteiger partial charge < -0.3 is 9.88 Å². The summed E-state index contributed by atoms with van der Waals surface area (Å²) >= 11 is 0.857. The number of carbonyl (C=O) groups is 2. The molecule has 2 aromatic rings. The molecule has 0 saturated carbocycles. The largest absolute Gasteiger partial charge is 0.340 e. The van der Waals surface area contributed by atoms with Gasteiger partial charge in [-0.1, -0.05) is 0 Å². The lowest BCUT2D eigenvalue weighted by Gasteiger charge is -2.32. The normalized spacial score (nSPS) is 21.2. The van der Waals surface area contributed by atoms with Crippen molar-refractivity contribution in [3.63, 3.8) is 0 Å². The van der Waals surface area contributed by atoms with Gasteiger partial charge in [-0.2, -0.15) is 0 Å². The second kappa shape index (κ2) is 7.55. The number of amides is 2. The number of aromatic amines is 1. The van der Waals surface area contributed by atoms with Crippen LogP contribution in [-0.2, 0) is 4.79 Å². The van der Waals surface area contributed by atoms with Crippen LogP contribution in [0.15, 0.2) is 28.0 Å². The molecule has 0 bridgehead atoms. The zero-order chi connectivity index (χ0) is 19.7. The Morgan fingerprint density at radius 3 is 2.89 bits per heavy atom. The molecule has 28 heavy (non-hydrogen) atoms. The van der Waals surface area contributed by atoms with E-state index in [0.717, 1.165) is 36.8 Å². The number of rotatable bonds is 3. The molecule has 9 nitrogen and oxygen atoms in total. The van der Waals surface area contributed by atoms with Gasteiger partial charge in [0.25, 0.3) is 16.7 Å². The molecular weight excluding hydrogens is 380 g/mol. The average Bonchev–Trinajstić information content (AvgIpc) is 2.98. The SMILES string of the molecule is Cc1nc(C2CCCN(c3nccc(/C=C4\SC(=O)NC4=O)n3)C2)cc(=O)[nH]1. The van der Waals surface area contributed by atoms with Crippen LogP contribution in [0.5, 0.6) is 0 Å². The van der Waals surface area contributed by atoms with E-state index < -0.39 is 5.91 Å². The molecule has 1 unspecified atom stereocenters. The first-order valence-electron chi connectivity index (χ1n) is 8.88. The molecule has 2 aromatic heterocycles. The number of nitrogens with one attached hydrogen (secondary N) is 2. The number of carbonyl (C=O) groups excluding carboxylic acids is 2. The summed E-state index contributed by atoms with van der Waals surface area (Å²) in [6, 6.07) is 3.24. The summed E-state index contributed by atoms with van der Waals surface area (Å²) in [4.78, 5) is 53.2. The lowest BCUT2D eigenvalue weighted by atomic mass is 9.94. The van der Waals surface area contributed by atoms with Gasteiger partial charge in [-0.05, 0) is 43.7 Å². The minimum Gasteiger partial charge on any atom is -0.340 e. The summed E-state index contributed by atoms with van der Waals surface area (Å²) in [6.45, 7) is 3.23. The summed E-state index contributed by atoms with van der Waals surface area (Å²) in [5, 5.41) is 1.84. The lowest BCUT2D eigenvalue weighted by Crippen LogP contribution is -2.36. The van der Waals surface area contributed by atoms with E-state index in [9.17, 15) is 14.4 Å². The zero-order valence-electron chi connectivity index (χ0n) is 15.1. The maximum absolute atomic E-state index is 11.8. The molecule has 4 rings (SSSR count). The summed E-state index contributed by atoms with van der Waals surface area (Å²) < 4.78 is 0. The van der Waals surface area contributed by atoms with E-state index in [2.05, 4.69) is 30.2 Å². The second-order valence-electron chi connectivity index (χ2n) is 6.67. The fraction of sp³-hybridized carbons (Fsp3) is 0.333. The maximum atomic E-state index is 11.8. The highest BCUT2D eigenvalue weighted by Crippen LogP contribution is 2.28. The van der Waals surface area contributed by atoms with Crippen LogP contribution in [0.4, 0.5) is 10.7 Å². The molecule has 0 aromatic carbocycles. The van der Waals surface area contributed by atoms with Crippen LogP contribution in [0.1, 0.15) is 36.0 Å². The molecule has 2 aliphatic rings. The highest BCUT2D eigenvalue weighted by molar-refractivity contribution is 8.18. The van der Waals surface area contributed by atoms with Crippen molar-refractivity contribution in [2.75, 3.05) is 18.0 Å². The molecule has 4 heterocycles. The summed E-state index contributed by atoms with van der Waals surface area (Å²) in [5.74, 6) is 0.861. The molecule has 2 amide bonds. The van der Waals surface area contributed by atoms with Crippen molar-refractivity contribution in [2.24, 2.45) is 0 Å². The average molecular weight is 398 g/mol. The highest BCUT2D eigenvalue weighted by atomic mass is 32.2. The molecular formula is C18H18N6O3S. The standard InChI is InChI=1S/C18H18N6O3S/c1-10-20-13(8-15(25)21-10)11-3-2-6-24(9-11)17-19-5-4-12(22-17)7-14-16(26)23-18(27)28-14/h4-5,7-8,11H,2-3,6,9H2,1H3,(H,20,21,25)(H,23,26,27)/b14-7-. The molecule has 2 aliphatic heterocycles. The quantitative estimate of drug-likeness (QED) is 0.748. The van der Waals surface area contributed by atoms with Crippen molar-refractivity contribution in [1.82, 2.24) is 25.3 Å². The highest BCUT2D eigenvalue weighted by Gasteiger charge is 2.26. The van der Waals surface area contributed by atoms with Gasteiger partial charge in [-0.25, -0.2) is 15.0 Å². The van der Waals surface area contributed by atoms with Crippen LogP contribution in [0.2, 0.25) is 0 Å². The number of imide groups is 1. The minimum atomic E-state index is -0.413. The molecule has 0 spiro atoms. The Hall–Kier alpha value is -3.01. The van der Waals surface area contributed by atoms with Gasteiger partial charge in [0.05, 0.1) is 16.3 Å². The van der Waals surface area contributed by atoms with E-state index in [-0.39, 0.29) is 16.7 Å². The van der Waals surface area contributed by atoms with E-state index in [0.29, 0.717) is 28.9 Å². The van der Waals surface area contributed by atoms with Crippen molar-refractivity contribution in [2.45, 2.75) is 25.7 Å². The van der Waals surface area contributed by atoms with Gasteiger partial charge in [0.15, 0.2) is 0 Å². The fourth-order valence-corrected chi connectivity index (χ4v) is 4.03. The van der Waals surface area contributed by atoms with Gasteiger partial charge in [-0.15, -0.1) is 0 Å². The van der Waals surface area contributed by atoms with E-state index in [4.69, 9.17) is 0 Å². The van der Waals surface area contributed by atoms with Crippen LogP contribution in [0.3, 0.4) is 0 Å². The van der Waals surface area contributed by atoms with Gasteiger partial charge in [0.2, 0.25) is 5.95 Å². The first-order valence-corrected chi connectivity index (χ1v) is 9.70. The van der Waals surface area contributed by atoms with Gasteiger partial charge >= 0.3 is 0 Å². The third-order valence-corrected chi connectivity index (χ3v) is 5.40. The van der Waals surface area contributed by atoms with Crippen molar-refractivity contribution < 1.29 is 9.59 Å². The van der Waals surface area contributed by atoms with Crippen LogP contribution in [0.25, 0.3) is 6.08 Å². The number of hydrogen-bond donors (Lipinski definition) is 2. The molecule has 10 heteroatoms. The van der Waals surface area contributed by atoms with E-state index in [1.165, 1.54) is 0 Å². The Morgan fingerprint density at radius 1 is 1.29 bits per heavy atom. The Kier molecular flexibility index (Phi) is 4.95. The Labute approximate surface area is 164 Å². The van der Waals surface area contributed by atoms with Crippen molar-refractivity contribution in [3.8, 4) is 0 Å². The Bertz CT molecular complexity index is 1030. The van der Waals surface area contributed by atoms with Gasteiger partial charge in [0.1, 0.15) is 5.82 Å². The fourth-order valence-electron chi connectivity index (χ4n) is 3.36. The number of anilines is 1. The molecule has 2 fully saturated rings. The maximum Gasteiger partial charge on any atom is 0.290 e. The van der Waals surface area contributed by atoms with Crippen LogP contribution in [0, 0.1) is 6.92 Å². The van der Waals surface area contributed by atoms with Crippen LogP contribution < -0.4 is 15.8 Å². The lowest BCUT2D eigenvalue weighted by molar-refractivity contribution is -0.115. The number of H-pyrrole nitrogens is 1. The summed E-state index contributed by atoms with van der Waals surface area (Å²) in [6.07, 6.45) is 5.08. The third-order valence-electron chi connectivity index (χ3n) is 4.59. The monoisotopic (exact) mass is 398 g/mol. The summed E-state index contributed by atoms with van der Waals surface area (Å²) in [5.41, 5.74) is 1.19. The number of aromatic nitrogens is 4. The third kappa shape index (κ3) is 3.96. The topological polar surface area (TPSA) is 121 Å².